The maximum Gasteiger partial charge on any atom is 0.243 e. The zero-order chi connectivity index (χ0) is 28.8. The molecule has 0 fully saturated rings. The fraction of sp³-hybridized carbons (Fsp3) is 0.833. The van der Waals surface area contributed by atoms with Crippen LogP contribution in [0.5, 0.6) is 0 Å². The summed E-state index contributed by atoms with van der Waals surface area (Å²) in [6.45, 7) is 1.59. The molecule has 0 aromatic carbocycles. The van der Waals surface area contributed by atoms with Gasteiger partial charge < -0.3 is 39.3 Å². The number of unbranched alkanes of at least 4 members (excludes halogenated alkanes) is 4. The van der Waals surface area contributed by atoms with E-state index < -0.39 is 47.5 Å². The van der Waals surface area contributed by atoms with Crippen LogP contribution in [0.4, 0.5) is 0 Å². The second-order valence-electron chi connectivity index (χ2n) is 9.44. The van der Waals surface area contributed by atoms with Crippen molar-refractivity contribution in [2.75, 3.05) is 26.2 Å². The first-order valence-corrected chi connectivity index (χ1v) is 13.5. The average Bonchev–Trinajstić information content (AvgIpc) is 2.87. The lowest BCUT2D eigenvalue weighted by Crippen LogP contribution is -2.54. The van der Waals surface area contributed by atoms with Crippen LogP contribution in [-0.2, 0) is 19.2 Å². The number of nitrogens with one attached hydrogen (secondary N) is 2. The standard InChI is InChI=1S/C24H48N10O4/c25-13-5-1-10-18(17(21(28)35)9-4-8-16-31-34-30)23(37)33-20(12-3-7-15-27)24(38)32-19(22(29)36)11-2-6-14-26/h17-20H,1-16,25-27H2,(H2,28,35)(H2,29,36)(H,32,38)(H,33,37)/t17?,18-,19-,20-/m0/s1. The van der Waals surface area contributed by atoms with E-state index in [4.69, 9.17) is 34.2 Å². The van der Waals surface area contributed by atoms with Crippen molar-refractivity contribution in [3.05, 3.63) is 10.4 Å². The predicted octanol–water partition coefficient (Wildman–Crippen LogP) is 0.0266. The van der Waals surface area contributed by atoms with Gasteiger partial charge in [0.15, 0.2) is 0 Å². The third-order valence-corrected chi connectivity index (χ3v) is 6.43. The van der Waals surface area contributed by atoms with E-state index in [1.807, 2.05) is 0 Å². The van der Waals surface area contributed by atoms with Gasteiger partial charge in [-0.3, -0.25) is 19.2 Å². The molecule has 1 unspecified atom stereocenters. The van der Waals surface area contributed by atoms with Gasteiger partial charge in [0.05, 0.1) is 0 Å². The summed E-state index contributed by atoms with van der Waals surface area (Å²) in [5.74, 6) is -3.80. The molecule has 0 aliphatic carbocycles. The summed E-state index contributed by atoms with van der Waals surface area (Å²) in [4.78, 5) is 53.6. The SMILES string of the molecule is [N-]=[N+]=NCCCCC(C(N)=O)[C@H](CCCCN)C(=O)N[C@@H](CCCCN)C(=O)N[C@@H](CCCCN)C(N)=O. The molecular weight excluding hydrogens is 492 g/mol. The van der Waals surface area contributed by atoms with Crippen LogP contribution in [-0.4, -0.2) is 61.9 Å². The molecule has 0 heterocycles. The fourth-order valence-corrected chi connectivity index (χ4v) is 4.25. The van der Waals surface area contributed by atoms with Gasteiger partial charge in [-0.15, -0.1) is 0 Å². The van der Waals surface area contributed by atoms with Gasteiger partial charge in [0.25, 0.3) is 0 Å². The maximum absolute atomic E-state index is 13.5. The van der Waals surface area contributed by atoms with Crippen LogP contribution in [0.15, 0.2) is 5.11 Å². The van der Waals surface area contributed by atoms with Crippen LogP contribution >= 0.6 is 0 Å². The van der Waals surface area contributed by atoms with E-state index in [2.05, 4.69) is 20.7 Å². The molecule has 4 amide bonds. The van der Waals surface area contributed by atoms with Gasteiger partial charge in [-0.05, 0) is 89.4 Å². The number of nitrogens with zero attached hydrogens (tertiary/aromatic N) is 3. The van der Waals surface area contributed by atoms with Gasteiger partial charge in [0.2, 0.25) is 23.6 Å². The first-order valence-electron chi connectivity index (χ1n) is 13.5. The Balaban J connectivity index is 5.68. The number of rotatable bonds is 24. The Morgan fingerprint density at radius 1 is 0.632 bits per heavy atom. The Kier molecular flexibility index (Phi) is 20.4. The molecule has 0 aliphatic heterocycles. The molecule has 14 heteroatoms. The van der Waals surface area contributed by atoms with E-state index in [1.54, 1.807) is 0 Å². The minimum atomic E-state index is -0.944. The van der Waals surface area contributed by atoms with Crippen LogP contribution in [0.25, 0.3) is 10.4 Å². The molecule has 0 saturated carbocycles. The molecule has 0 saturated heterocycles. The lowest BCUT2D eigenvalue weighted by atomic mass is 9.82. The molecule has 0 aromatic rings. The van der Waals surface area contributed by atoms with Gasteiger partial charge in [0.1, 0.15) is 12.1 Å². The largest absolute Gasteiger partial charge is 0.369 e. The van der Waals surface area contributed by atoms with Crippen molar-refractivity contribution in [1.29, 1.82) is 0 Å². The molecule has 0 rings (SSSR count). The molecule has 0 radical (unpaired) electrons. The summed E-state index contributed by atoms with van der Waals surface area (Å²) in [5, 5.41) is 8.93. The van der Waals surface area contributed by atoms with Gasteiger partial charge >= 0.3 is 0 Å². The van der Waals surface area contributed by atoms with Crippen molar-refractivity contribution in [3.63, 3.8) is 0 Å². The molecule has 4 atom stereocenters. The van der Waals surface area contributed by atoms with Crippen molar-refractivity contribution in [2.24, 2.45) is 45.6 Å². The Hall–Kier alpha value is -2.93. The number of azide groups is 1. The molecule has 0 spiro atoms. The molecule has 0 aliphatic rings. The third kappa shape index (κ3) is 15.4. The van der Waals surface area contributed by atoms with E-state index in [9.17, 15) is 19.2 Å². The minimum Gasteiger partial charge on any atom is -0.369 e. The number of carbonyl (C=O) groups is 4. The lowest BCUT2D eigenvalue weighted by molar-refractivity contribution is -0.137. The van der Waals surface area contributed by atoms with Crippen molar-refractivity contribution in [3.8, 4) is 0 Å². The Bertz CT molecular complexity index is 760. The van der Waals surface area contributed by atoms with E-state index in [1.165, 1.54) is 0 Å². The number of primary amides is 2. The van der Waals surface area contributed by atoms with Crippen molar-refractivity contribution in [2.45, 2.75) is 89.1 Å². The first-order chi connectivity index (χ1) is 18.2. The Morgan fingerprint density at radius 3 is 1.61 bits per heavy atom. The highest BCUT2D eigenvalue weighted by molar-refractivity contribution is 5.93. The van der Waals surface area contributed by atoms with E-state index in [0.717, 1.165) is 0 Å². The smallest absolute Gasteiger partial charge is 0.243 e. The predicted molar refractivity (Wildman–Crippen MR) is 146 cm³/mol. The van der Waals surface area contributed by atoms with Crippen LogP contribution in [0, 0.1) is 11.8 Å². The van der Waals surface area contributed by atoms with E-state index in [-0.39, 0.29) is 6.54 Å². The topological polar surface area (TPSA) is 271 Å². The van der Waals surface area contributed by atoms with Crippen molar-refractivity contribution in [1.82, 2.24) is 10.6 Å². The minimum absolute atomic E-state index is 0.279. The second kappa shape index (κ2) is 22.1. The van der Waals surface area contributed by atoms with Gasteiger partial charge in [-0.1, -0.05) is 18.0 Å². The quantitative estimate of drug-likeness (QED) is 0.0381. The number of hydrogen-bond acceptors (Lipinski definition) is 8. The zero-order valence-corrected chi connectivity index (χ0v) is 22.5. The van der Waals surface area contributed by atoms with Gasteiger partial charge in [-0.25, -0.2) is 0 Å². The molecular formula is C24H48N10O4. The Labute approximate surface area is 225 Å². The molecule has 14 nitrogen and oxygen atoms in total. The third-order valence-electron chi connectivity index (χ3n) is 6.43. The Morgan fingerprint density at radius 2 is 1.11 bits per heavy atom. The number of amides is 4. The summed E-state index contributed by atoms with van der Waals surface area (Å²) in [5.41, 5.74) is 36.3. The molecule has 38 heavy (non-hydrogen) atoms. The maximum atomic E-state index is 13.5. The fourth-order valence-electron chi connectivity index (χ4n) is 4.25. The zero-order valence-electron chi connectivity index (χ0n) is 22.5. The summed E-state index contributed by atoms with van der Waals surface area (Å²) >= 11 is 0. The highest BCUT2D eigenvalue weighted by atomic mass is 16.2. The highest BCUT2D eigenvalue weighted by Crippen LogP contribution is 2.25. The van der Waals surface area contributed by atoms with Crippen LogP contribution in [0.2, 0.25) is 0 Å². The van der Waals surface area contributed by atoms with Crippen molar-refractivity contribution >= 4 is 23.6 Å². The monoisotopic (exact) mass is 540 g/mol. The summed E-state index contributed by atoms with van der Waals surface area (Å²) in [6.07, 6.45) is 6.19. The van der Waals surface area contributed by atoms with Gasteiger partial charge in [-0.2, -0.15) is 0 Å². The molecule has 12 N–H and O–H groups in total. The van der Waals surface area contributed by atoms with Crippen LogP contribution < -0.4 is 39.3 Å². The lowest BCUT2D eigenvalue weighted by Gasteiger charge is -2.27. The van der Waals surface area contributed by atoms with E-state index >= 15 is 0 Å². The highest BCUT2D eigenvalue weighted by Gasteiger charge is 2.34. The first kappa shape index (κ1) is 35.1. The number of carbonyl (C=O) groups excluding carboxylic acids is 4. The van der Waals surface area contributed by atoms with Crippen molar-refractivity contribution < 1.29 is 19.2 Å². The molecule has 0 aromatic heterocycles. The number of hydrogen-bond donors (Lipinski definition) is 7. The molecule has 218 valence electrons. The average molecular weight is 541 g/mol. The summed E-state index contributed by atoms with van der Waals surface area (Å²) < 4.78 is 0. The second-order valence-corrected chi connectivity index (χ2v) is 9.44. The normalized spacial score (nSPS) is 14.0. The van der Waals surface area contributed by atoms with Crippen LogP contribution in [0.1, 0.15) is 77.0 Å². The summed E-state index contributed by atoms with van der Waals surface area (Å²) in [7, 11) is 0. The molecule has 0 bridgehead atoms. The van der Waals surface area contributed by atoms with Crippen LogP contribution in [0.3, 0.4) is 0 Å². The van der Waals surface area contributed by atoms with E-state index in [0.29, 0.717) is 96.7 Å². The summed E-state index contributed by atoms with van der Waals surface area (Å²) in [6, 6.07) is -1.83. The number of nitrogens with two attached hydrogens (primary N) is 5. The van der Waals surface area contributed by atoms with Gasteiger partial charge in [0, 0.05) is 23.3 Å².